The molecule has 1 aromatic carbocycles. The van der Waals surface area contributed by atoms with E-state index in [1.165, 1.54) is 4.31 Å². The third-order valence-corrected chi connectivity index (χ3v) is 7.85. The summed E-state index contributed by atoms with van der Waals surface area (Å²) >= 11 is 0. The molecular formula is C27H31N5O5S. The number of oxazole rings is 1. The van der Waals surface area contributed by atoms with E-state index in [4.69, 9.17) is 4.42 Å². The van der Waals surface area contributed by atoms with Crippen molar-refractivity contribution in [2.75, 3.05) is 31.1 Å². The number of aliphatic carboxylic acids is 1. The number of nitrogens with zero attached hydrogens (tertiary/aromatic N) is 4. The summed E-state index contributed by atoms with van der Waals surface area (Å²) in [6, 6.07) is 10.3. The average Bonchev–Trinajstić information content (AvgIpc) is 3.40. The molecule has 11 heteroatoms. The first-order valence-electron chi connectivity index (χ1n) is 12.4. The smallest absolute Gasteiger partial charge is 0.322 e. The number of nitrogens with one attached hydrogen (secondary N) is 1. The fourth-order valence-corrected chi connectivity index (χ4v) is 5.49. The number of benzene rings is 1. The van der Waals surface area contributed by atoms with E-state index in [1.54, 1.807) is 26.2 Å². The Bertz CT molecular complexity index is 1430. The van der Waals surface area contributed by atoms with Gasteiger partial charge in [0.15, 0.2) is 0 Å². The van der Waals surface area contributed by atoms with E-state index in [2.05, 4.69) is 31.4 Å². The molecule has 0 amide bonds. The summed E-state index contributed by atoms with van der Waals surface area (Å²) in [5.41, 5.74) is 3.23. The molecular weight excluding hydrogens is 506 g/mol. The lowest BCUT2D eigenvalue weighted by Gasteiger charge is -2.36. The van der Waals surface area contributed by atoms with E-state index in [1.807, 2.05) is 43.3 Å². The molecule has 1 saturated heterocycles. The van der Waals surface area contributed by atoms with Crippen molar-refractivity contribution in [2.24, 2.45) is 5.92 Å². The number of hydrogen-bond donors (Lipinski definition) is 2. The quantitative estimate of drug-likeness (QED) is 0.420. The van der Waals surface area contributed by atoms with Gasteiger partial charge in [0.1, 0.15) is 17.5 Å². The number of piperazine rings is 1. The van der Waals surface area contributed by atoms with Gasteiger partial charge in [0.05, 0.1) is 6.20 Å². The number of anilines is 1. The maximum absolute atomic E-state index is 12.7. The molecule has 0 bridgehead atoms. The van der Waals surface area contributed by atoms with Crippen molar-refractivity contribution in [2.45, 2.75) is 33.2 Å². The van der Waals surface area contributed by atoms with Gasteiger partial charge in [-0.1, -0.05) is 32.6 Å². The van der Waals surface area contributed by atoms with E-state index in [-0.39, 0.29) is 19.0 Å². The first-order valence-corrected chi connectivity index (χ1v) is 13.9. The lowest BCUT2D eigenvalue weighted by atomic mass is 10.1. The van der Waals surface area contributed by atoms with Crippen LogP contribution in [0.25, 0.3) is 11.6 Å². The van der Waals surface area contributed by atoms with Crippen molar-refractivity contribution in [3.8, 4) is 23.4 Å². The first kappa shape index (κ1) is 27.3. The summed E-state index contributed by atoms with van der Waals surface area (Å²) in [6.07, 6.45) is 4.15. The van der Waals surface area contributed by atoms with Crippen LogP contribution >= 0.6 is 0 Å². The van der Waals surface area contributed by atoms with Crippen LogP contribution in [0.5, 0.6) is 0 Å². The fraction of sp³-hybridized carbons (Fsp3) is 0.370. The minimum absolute atomic E-state index is 0.260. The number of aryl methyl sites for hydroxylation is 1. The van der Waals surface area contributed by atoms with Crippen LogP contribution in [0.2, 0.25) is 0 Å². The molecule has 0 aliphatic carbocycles. The van der Waals surface area contributed by atoms with Gasteiger partial charge in [-0.2, -0.15) is 17.4 Å². The minimum atomic E-state index is -3.90. The van der Waals surface area contributed by atoms with Gasteiger partial charge in [0, 0.05) is 55.6 Å². The second kappa shape index (κ2) is 11.8. The number of rotatable bonds is 8. The zero-order chi connectivity index (χ0) is 27.3. The Kier molecular flexibility index (Phi) is 8.46. The summed E-state index contributed by atoms with van der Waals surface area (Å²) in [7, 11) is -3.90. The zero-order valence-electron chi connectivity index (χ0n) is 21.6. The molecule has 2 N–H and O–H groups in total. The van der Waals surface area contributed by atoms with E-state index in [0.29, 0.717) is 24.7 Å². The molecule has 1 aliphatic heterocycles. The molecule has 1 atom stereocenters. The standard InChI is InChI=1S/C27H31N5O5S/c1-4-23-18-29-26(37-23)24-17-21(11-12-28-24)6-5-20-7-9-22(10-8-20)31-13-15-32(16-14-31)38(35,36)30-25(19(2)3)27(33)34/h7-12,17-19,25,30H,4,13-16H2,1-3H3,(H,33,34)/t25-/m1/s1. The molecule has 200 valence electrons. The predicted molar refractivity (Wildman–Crippen MR) is 144 cm³/mol. The molecule has 1 fully saturated rings. The third-order valence-electron chi connectivity index (χ3n) is 6.25. The van der Waals surface area contributed by atoms with Crippen molar-refractivity contribution in [3.63, 3.8) is 0 Å². The fourth-order valence-electron chi connectivity index (χ4n) is 4.01. The molecule has 1 aliphatic rings. The molecule has 0 saturated carbocycles. The lowest BCUT2D eigenvalue weighted by Crippen LogP contribution is -2.55. The Balaban J connectivity index is 1.36. The number of carbonyl (C=O) groups is 1. The van der Waals surface area contributed by atoms with Gasteiger partial charge in [-0.3, -0.25) is 9.78 Å². The molecule has 0 unspecified atom stereocenters. The predicted octanol–water partition coefficient (Wildman–Crippen LogP) is 2.76. The van der Waals surface area contributed by atoms with Gasteiger partial charge in [0.25, 0.3) is 10.2 Å². The minimum Gasteiger partial charge on any atom is -0.480 e. The molecule has 38 heavy (non-hydrogen) atoms. The first-order chi connectivity index (χ1) is 18.2. The van der Waals surface area contributed by atoms with Crippen molar-refractivity contribution >= 4 is 21.9 Å². The van der Waals surface area contributed by atoms with Crippen LogP contribution in [0.3, 0.4) is 0 Å². The topological polar surface area (TPSA) is 129 Å². The molecule has 10 nitrogen and oxygen atoms in total. The van der Waals surface area contributed by atoms with Crippen LogP contribution in [0, 0.1) is 17.8 Å². The second-order valence-corrected chi connectivity index (χ2v) is 11.0. The lowest BCUT2D eigenvalue weighted by molar-refractivity contribution is -0.140. The van der Waals surface area contributed by atoms with Gasteiger partial charge < -0.3 is 14.4 Å². The Morgan fingerprint density at radius 3 is 2.37 bits per heavy atom. The van der Waals surface area contributed by atoms with Crippen LogP contribution in [0.15, 0.2) is 53.2 Å². The molecule has 3 aromatic rings. The molecule has 3 heterocycles. The van der Waals surface area contributed by atoms with Crippen molar-refractivity contribution < 1.29 is 22.7 Å². The van der Waals surface area contributed by atoms with Crippen LogP contribution in [0.4, 0.5) is 5.69 Å². The number of aromatic nitrogens is 2. The van der Waals surface area contributed by atoms with Crippen LogP contribution in [0.1, 0.15) is 37.7 Å². The summed E-state index contributed by atoms with van der Waals surface area (Å²) < 4.78 is 34.7. The van der Waals surface area contributed by atoms with Crippen LogP contribution in [-0.2, 0) is 21.4 Å². The van der Waals surface area contributed by atoms with Crippen molar-refractivity contribution in [1.82, 2.24) is 19.0 Å². The summed E-state index contributed by atoms with van der Waals surface area (Å²) in [5.74, 6) is 6.03. The molecule has 0 spiro atoms. The van der Waals surface area contributed by atoms with E-state index < -0.39 is 22.2 Å². The second-order valence-electron chi connectivity index (χ2n) is 9.28. The zero-order valence-corrected chi connectivity index (χ0v) is 22.4. The highest BCUT2D eigenvalue weighted by Crippen LogP contribution is 2.20. The third kappa shape index (κ3) is 6.58. The summed E-state index contributed by atoms with van der Waals surface area (Å²) in [5, 5.41) is 9.32. The number of carboxylic acids is 1. The van der Waals surface area contributed by atoms with E-state index >= 15 is 0 Å². The highest BCUT2D eigenvalue weighted by Gasteiger charge is 2.32. The molecule has 4 rings (SSSR count). The Morgan fingerprint density at radius 1 is 1.08 bits per heavy atom. The average molecular weight is 538 g/mol. The Hall–Kier alpha value is -3.72. The van der Waals surface area contributed by atoms with Gasteiger partial charge in [0.2, 0.25) is 5.89 Å². The summed E-state index contributed by atoms with van der Waals surface area (Å²) in [4.78, 5) is 22.1. The number of pyridine rings is 1. The molecule has 2 aromatic heterocycles. The highest BCUT2D eigenvalue weighted by molar-refractivity contribution is 7.87. The number of carboxylic acid groups (broad SMARTS) is 1. The van der Waals surface area contributed by atoms with Crippen LogP contribution < -0.4 is 9.62 Å². The Labute approximate surface area is 222 Å². The monoisotopic (exact) mass is 537 g/mol. The SMILES string of the molecule is CCc1cnc(-c2cc(C#Cc3ccc(N4CCN(S(=O)(=O)N[C@@H](C(=O)O)C(C)C)CC4)cc3)ccn2)o1. The largest absolute Gasteiger partial charge is 0.480 e. The normalized spacial score (nSPS) is 15.2. The highest BCUT2D eigenvalue weighted by atomic mass is 32.2. The molecule has 0 radical (unpaired) electrons. The Morgan fingerprint density at radius 2 is 1.76 bits per heavy atom. The van der Waals surface area contributed by atoms with Gasteiger partial charge in [-0.05, 0) is 42.3 Å². The summed E-state index contributed by atoms with van der Waals surface area (Å²) in [6.45, 7) is 6.84. The van der Waals surface area contributed by atoms with Gasteiger partial charge in [-0.15, -0.1) is 0 Å². The van der Waals surface area contributed by atoms with Gasteiger partial charge >= 0.3 is 5.97 Å². The van der Waals surface area contributed by atoms with Crippen LogP contribution in [-0.4, -0.2) is 66.0 Å². The maximum Gasteiger partial charge on any atom is 0.322 e. The number of hydrogen-bond acceptors (Lipinski definition) is 7. The maximum atomic E-state index is 12.7. The van der Waals surface area contributed by atoms with E-state index in [9.17, 15) is 18.3 Å². The van der Waals surface area contributed by atoms with Gasteiger partial charge in [-0.25, -0.2) is 4.98 Å². The van der Waals surface area contributed by atoms with Crippen molar-refractivity contribution in [1.29, 1.82) is 0 Å². The van der Waals surface area contributed by atoms with Crippen molar-refractivity contribution in [3.05, 3.63) is 65.7 Å². The van der Waals surface area contributed by atoms with E-state index in [0.717, 1.165) is 29.0 Å².